The Balaban J connectivity index is 1.78. The van der Waals surface area contributed by atoms with Crippen LogP contribution in [0.25, 0.3) is 0 Å². The predicted molar refractivity (Wildman–Crippen MR) is 106 cm³/mol. The van der Waals surface area contributed by atoms with Gasteiger partial charge in [0.15, 0.2) is 18.2 Å². The number of carbonyl (C=O) groups excluding carboxylic acids is 2. The summed E-state index contributed by atoms with van der Waals surface area (Å²) in [6, 6.07) is 6.68. The van der Waals surface area contributed by atoms with E-state index in [1.165, 1.54) is 13.0 Å². The summed E-state index contributed by atoms with van der Waals surface area (Å²) in [4.78, 5) is 34.5. The fraction of sp³-hybridized carbons (Fsp3) is 0.409. The highest BCUT2D eigenvalue weighted by molar-refractivity contribution is 6.21. The molecule has 1 atom stereocenters. The second-order valence-corrected chi connectivity index (χ2v) is 6.62. The van der Waals surface area contributed by atoms with Crippen molar-refractivity contribution in [2.24, 2.45) is 5.92 Å². The van der Waals surface area contributed by atoms with Crippen LogP contribution in [0.4, 0.5) is 0 Å². The van der Waals surface area contributed by atoms with E-state index in [4.69, 9.17) is 19.3 Å². The number of ketones is 2. The van der Waals surface area contributed by atoms with Crippen LogP contribution in [0, 0.1) is 5.92 Å². The van der Waals surface area contributed by atoms with Crippen molar-refractivity contribution in [3.8, 4) is 11.5 Å². The fourth-order valence-electron chi connectivity index (χ4n) is 2.90. The number of benzene rings is 1. The number of Topliss-reactive ketones (excluding diaryl/α,β-unsaturated/α-hetero) is 2. The molecule has 0 bridgehead atoms. The molecule has 1 N–H and O–H groups in total. The monoisotopic (exact) mass is 402 g/mol. The molecule has 29 heavy (non-hydrogen) atoms. The first-order valence-corrected chi connectivity index (χ1v) is 9.59. The summed E-state index contributed by atoms with van der Waals surface area (Å²) in [5.74, 6) is -0.133. The smallest absolute Gasteiger partial charge is 0.341 e. The van der Waals surface area contributed by atoms with E-state index in [9.17, 15) is 14.4 Å². The SMILES string of the molecule is CCCC1C(=O)C(C(C)=O)=CC=C1OCCCOc1ccc(OCC(=O)O)cc1. The van der Waals surface area contributed by atoms with Gasteiger partial charge in [-0.3, -0.25) is 9.59 Å². The highest BCUT2D eigenvalue weighted by atomic mass is 16.5. The largest absolute Gasteiger partial charge is 0.497 e. The van der Waals surface area contributed by atoms with Gasteiger partial charge in [-0.05, 0) is 49.8 Å². The maximum absolute atomic E-state index is 12.5. The van der Waals surface area contributed by atoms with E-state index in [2.05, 4.69) is 0 Å². The van der Waals surface area contributed by atoms with E-state index in [1.54, 1.807) is 30.3 Å². The molecule has 1 unspecified atom stereocenters. The molecular formula is C22H26O7. The van der Waals surface area contributed by atoms with Crippen molar-refractivity contribution in [3.05, 3.63) is 47.7 Å². The summed E-state index contributed by atoms with van der Waals surface area (Å²) in [6.45, 7) is 3.81. The molecule has 156 valence electrons. The quantitative estimate of drug-likeness (QED) is 0.423. The lowest BCUT2D eigenvalue weighted by atomic mass is 9.86. The maximum atomic E-state index is 12.5. The molecule has 0 fully saturated rings. The van der Waals surface area contributed by atoms with E-state index in [1.807, 2.05) is 6.92 Å². The zero-order chi connectivity index (χ0) is 21.2. The third kappa shape index (κ3) is 6.78. The molecule has 1 aromatic carbocycles. The fourth-order valence-corrected chi connectivity index (χ4v) is 2.90. The van der Waals surface area contributed by atoms with Crippen molar-refractivity contribution < 1.29 is 33.7 Å². The number of allylic oxidation sites excluding steroid dienone is 4. The Morgan fingerprint density at radius 2 is 1.62 bits per heavy atom. The first-order chi connectivity index (χ1) is 13.9. The van der Waals surface area contributed by atoms with Crippen LogP contribution < -0.4 is 9.47 Å². The van der Waals surface area contributed by atoms with Gasteiger partial charge in [0.2, 0.25) is 0 Å². The molecule has 0 radical (unpaired) electrons. The average molecular weight is 402 g/mol. The number of carbonyl (C=O) groups is 3. The van der Waals surface area contributed by atoms with Gasteiger partial charge in [-0.15, -0.1) is 0 Å². The number of aliphatic carboxylic acids is 1. The number of rotatable bonds is 12. The molecule has 1 aliphatic carbocycles. The summed E-state index contributed by atoms with van der Waals surface area (Å²) in [6.07, 6.45) is 5.33. The first-order valence-electron chi connectivity index (χ1n) is 9.59. The van der Waals surface area contributed by atoms with Gasteiger partial charge < -0.3 is 19.3 Å². The van der Waals surface area contributed by atoms with E-state index >= 15 is 0 Å². The number of ether oxygens (including phenoxy) is 3. The molecule has 0 saturated heterocycles. The lowest BCUT2D eigenvalue weighted by molar-refractivity contribution is -0.139. The molecule has 0 saturated carbocycles. The number of hydrogen-bond acceptors (Lipinski definition) is 6. The predicted octanol–water partition coefficient (Wildman–Crippen LogP) is 3.33. The Morgan fingerprint density at radius 1 is 1.00 bits per heavy atom. The lowest BCUT2D eigenvalue weighted by Crippen LogP contribution is -2.26. The maximum Gasteiger partial charge on any atom is 0.341 e. The van der Waals surface area contributed by atoms with Gasteiger partial charge in [-0.1, -0.05) is 13.3 Å². The Labute approximate surface area is 170 Å². The van der Waals surface area contributed by atoms with Crippen LogP contribution in [0.15, 0.2) is 47.7 Å². The Hall–Kier alpha value is -3.09. The van der Waals surface area contributed by atoms with Gasteiger partial charge >= 0.3 is 5.97 Å². The minimum Gasteiger partial charge on any atom is -0.497 e. The first kappa shape index (κ1) is 22.2. The van der Waals surface area contributed by atoms with Crippen LogP contribution >= 0.6 is 0 Å². The number of hydrogen-bond donors (Lipinski definition) is 1. The van der Waals surface area contributed by atoms with Crippen LogP contribution in [0.2, 0.25) is 0 Å². The molecule has 0 aromatic heterocycles. The van der Waals surface area contributed by atoms with Crippen molar-refractivity contribution in [1.29, 1.82) is 0 Å². The topological polar surface area (TPSA) is 99.1 Å². The van der Waals surface area contributed by atoms with Crippen LogP contribution in [-0.4, -0.2) is 42.5 Å². The average Bonchev–Trinajstić information content (AvgIpc) is 2.69. The molecule has 7 nitrogen and oxygen atoms in total. The molecular weight excluding hydrogens is 376 g/mol. The van der Waals surface area contributed by atoms with Crippen LogP contribution in [0.1, 0.15) is 33.1 Å². The van der Waals surface area contributed by atoms with Crippen LogP contribution in [0.5, 0.6) is 11.5 Å². The second kappa shape index (κ2) is 11.0. The van der Waals surface area contributed by atoms with Crippen molar-refractivity contribution in [1.82, 2.24) is 0 Å². The van der Waals surface area contributed by atoms with Gasteiger partial charge in [-0.25, -0.2) is 4.79 Å². The molecule has 0 aliphatic heterocycles. The minimum absolute atomic E-state index is 0.168. The van der Waals surface area contributed by atoms with E-state index in [-0.39, 0.29) is 17.1 Å². The third-order valence-electron chi connectivity index (χ3n) is 4.31. The molecule has 0 amide bonds. The van der Waals surface area contributed by atoms with Gasteiger partial charge in [0.25, 0.3) is 0 Å². The Bertz CT molecular complexity index is 790. The zero-order valence-electron chi connectivity index (χ0n) is 16.7. The molecule has 2 rings (SSSR count). The summed E-state index contributed by atoms with van der Waals surface area (Å²) in [7, 11) is 0. The third-order valence-corrected chi connectivity index (χ3v) is 4.31. The van der Waals surface area contributed by atoms with Crippen molar-refractivity contribution >= 4 is 17.5 Å². The van der Waals surface area contributed by atoms with Gasteiger partial charge in [0.05, 0.1) is 24.7 Å². The Morgan fingerprint density at radius 3 is 2.21 bits per heavy atom. The molecule has 7 heteroatoms. The van der Waals surface area contributed by atoms with Gasteiger partial charge in [0.1, 0.15) is 17.3 Å². The van der Waals surface area contributed by atoms with Crippen molar-refractivity contribution in [3.63, 3.8) is 0 Å². The van der Waals surface area contributed by atoms with Crippen LogP contribution in [-0.2, 0) is 19.1 Å². The minimum atomic E-state index is -1.03. The van der Waals surface area contributed by atoms with Crippen molar-refractivity contribution in [2.45, 2.75) is 33.1 Å². The second-order valence-electron chi connectivity index (χ2n) is 6.62. The van der Waals surface area contributed by atoms with Crippen LogP contribution in [0.3, 0.4) is 0 Å². The zero-order valence-corrected chi connectivity index (χ0v) is 16.7. The highest BCUT2D eigenvalue weighted by Crippen LogP contribution is 2.27. The Kier molecular flexibility index (Phi) is 8.45. The molecule has 0 heterocycles. The molecule has 1 aromatic rings. The highest BCUT2D eigenvalue weighted by Gasteiger charge is 2.30. The lowest BCUT2D eigenvalue weighted by Gasteiger charge is -2.23. The summed E-state index contributed by atoms with van der Waals surface area (Å²) in [5.41, 5.74) is 0.231. The summed E-state index contributed by atoms with van der Waals surface area (Å²) >= 11 is 0. The molecule has 0 spiro atoms. The summed E-state index contributed by atoms with van der Waals surface area (Å²) < 4.78 is 16.5. The standard InChI is InChI=1S/C22H26O7/c1-3-5-19-20(11-10-18(15(2)23)22(19)26)28-13-4-12-27-16-6-8-17(9-7-16)29-14-21(24)25/h6-11,19H,3-5,12-14H2,1-2H3,(H,24,25). The van der Waals surface area contributed by atoms with E-state index in [0.717, 1.165) is 6.42 Å². The van der Waals surface area contributed by atoms with Gasteiger partial charge in [0, 0.05) is 6.42 Å². The van der Waals surface area contributed by atoms with E-state index in [0.29, 0.717) is 43.3 Å². The van der Waals surface area contributed by atoms with Gasteiger partial charge in [-0.2, -0.15) is 0 Å². The summed E-state index contributed by atoms with van der Waals surface area (Å²) in [5, 5.41) is 8.59. The number of carboxylic acid groups (broad SMARTS) is 1. The normalized spacial score (nSPS) is 15.9. The molecule has 1 aliphatic rings. The van der Waals surface area contributed by atoms with E-state index < -0.39 is 18.5 Å². The van der Waals surface area contributed by atoms with Crippen molar-refractivity contribution in [2.75, 3.05) is 19.8 Å². The number of carboxylic acids is 1.